The van der Waals surface area contributed by atoms with E-state index in [0.29, 0.717) is 6.42 Å². The summed E-state index contributed by atoms with van der Waals surface area (Å²) in [5, 5.41) is 23.2. The molecule has 0 radical (unpaired) electrons. The van der Waals surface area contributed by atoms with Gasteiger partial charge in [-0.1, -0.05) is 34.6 Å². The van der Waals surface area contributed by atoms with Crippen LogP contribution in [0.5, 0.6) is 0 Å². The smallest absolute Gasteiger partial charge is 0.142 e. The van der Waals surface area contributed by atoms with E-state index in [4.69, 9.17) is 5.73 Å². The van der Waals surface area contributed by atoms with Crippen LogP contribution in [0.25, 0.3) is 0 Å². The van der Waals surface area contributed by atoms with Crippen molar-refractivity contribution in [3.05, 3.63) is 0 Å². The molecule has 0 heterocycles. The maximum Gasteiger partial charge on any atom is 0.142 e. The van der Waals surface area contributed by atoms with E-state index in [1.54, 1.807) is 0 Å². The molecule has 2 bridgehead atoms. The highest BCUT2D eigenvalue weighted by Gasteiger charge is 2.89. The Kier molecular flexibility index (Phi) is 3.14. The zero-order chi connectivity index (χ0) is 17.9. The molecule has 0 saturated heterocycles. The molecule has 136 valence electrons. The molecule has 24 heavy (non-hydrogen) atoms. The third kappa shape index (κ3) is 1.19. The van der Waals surface area contributed by atoms with Gasteiger partial charge in [0.05, 0.1) is 17.6 Å². The summed E-state index contributed by atoms with van der Waals surface area (Å²) < 4.78 is 0. The van der Waals surface area contributed by atoms with Gasteiger partial charge in [-0.25, -0.2) is 0 Å². The van der Waals surface area contributed by atoms with E-state index >= 15 is 0 Å². The molecular weight excluding hydrogens is 302 g/mol. The van der Waals surface area contributed by atoms with Crippen molar-refractivity contribution in [1.29, 1.82) is 0 Å². The summed E-state index contributed by atoms with van der Waals surface area (Å²) in [7, 11) is 0. The van der Waals surface area contributed by atoms with Crippen molar-refractivity contribution in [2.45, 2.75) is 78.6 Å². The van der Waals surface area contributed by atoms with E-state index in [2.05, 4.69) is 27.7 Å². The van der Waals surface area contributed by atoms with Gasteiger partial charge in [-0.05, 0) is 42.4 Å². The summed E-state index contributed by atoms with van der Waals surface area (Å²) in [5.74, 6) is 0.630. The van der Waals surface area contributed by atoms with Crippen LogP contribution in [0.3, 0.4) is 0 Å². The van der Waals surface area contributed by atoms with Crippen LogP contribution in [-0.2, 0) is 4.79 Å². The number of carbonyl (C=O) groups is 1. The fraction of sp³-hybridized carbons (Fsp3) is 0.950. The van der Waals surface area contributed by atoms with Gasteiger partial charge in [-0.2, -0.15) is 0 Å². The van der Waals surface area contributed by atoms with Crippen LogP contribution in [0.1, 0.15) is 60.3 Å². The number of ketones is 1. The Morgan fingerprint density at radius 2 is 1.83 bits per heavy atom. The van der Waals surface area contributed by atoms with E-state index in [-0.39, 0.29) is 29.0 Å². The summed E-state index contributed by atoms with van der Waals surface area (Å²) >= 11 is 0. The van der Waals surface area contributed by atoms with Crippen molar-refractivity contribution in [1.82, 2.24) is 0 Å². The molecule has 0 unspecified atom stereocenters. The van der Waals surface area contributed by atoms with Gasteiger partial charge in [-0.15, -0.1) is 0 Å². The molecule has 0 aromatic carbocycles. The number of rotatable bonds is 1. The third-order valence-electron chi connectivity index (χ3n) is 9.91. The Balaban J connectivity index is 2.12. The van der Waals surface area contributed by atoms with E-state index in [1.807, 2.05) is 6.92 Å². The zero-order valence-electron chi connectivity index (χ0n) is 15.7. The average Bonchev–Trinajstić information content (AvgIpc) is 2.92. The quantitative estimate of drug-likeness (QED) is 0.685. The van der Waals surface area contributed by atoms with E-state index < -0.39 is 34.5 Å². The maximum absolute atomic E-state index is 13.4. The molecular formula is C20H33NO3. The lowest BCUT2D eigenvalue weighted by Crippen LogP contribution is -2.75. The fourth-order valence-electron chi connectivity index (χ4n) is 8.76. The first-order valence-electron chi connectivity index (χ1n) is 9.72. The third-order valence-corrected chi connectivity index (χ3v) is 9.91. The number of fused-ring (bicyclic) bond motifs is 1. The van der Waals surface area contributed by atoms with Crippen LogP contribution >= 0.6 is 0 Å². The van der Waals surface area contributed by atoms with Gasteiger partial charge in [0, 0.05) is 23.3 Å². The summed E-state index contributed by atoms with van der Waals surface area (Å²) in [6.07, 6.45) is 1.87. The molecule has 0 aromatic heterocycles. The summed E-state index contributed by atoms with van der Waals surface area (Å²) in [6.45, 7) is 10.6. The Morgan fingerprint density at radius 1 is 1.21 bits per heavy atom. The number of aliphatic hydroxyl groups excluding tert-OH is 2. The van der Waals surface area contributed by atoms with Crippen LogP contribution < -0.4 is 5.73 Å². The molecule has 4 aliphatic carbocycles. The van der Waals surface area contributed by atoms with Crippen LogP contribution in [0.15, 0.2) is 0 Å². The molecule has 4 nitrogen and oxygen atoms in total. The van der Waals surface area contributed by atoms with Crippen molar-refractivity contribution >= 4 is 5.78 Å². The normalized spacial score (nSPS) is 62.2. The highest BCUT2D eigenvalue weighted by atomic mass is 16.3. The molecule has 0 aliphatic heterocycles. The lowest BCUT2D eigenvalue weighted by molar-refractivity contribution is -0.245. The van der Waals surface area contributed by atoms with Gasteiger partial charge in [0.15, 0.2) is 0 Å². The second-order valence-electron chi connectivity index (χ2n) is 9.86. The fourth-order valence-corrected chi connectivity index (χ4v) is 8.76. The molecule has 4 rings (SSSR count). The van der Waals surface area contributed by atoms with E-state index in [1.165, 1.54) is 0 Å². The minimum Gasteiger partial charge on any atom is -0.391 e. The van der Waals surface area contributed by atoms with Crippen molar-refractivity contribution in [3.8, 4) is 0 Å². The number of hydrogen-bond acceptors (Lipinski definition) is 4. The minimum atomic E-state index is -0.823. The average molecular weight is 335 g/mol. The molecule has 4 N–H and O–H groups in total. The number of hydrogen-bond donors (Lipinski definition) is 3. The van der Waals surface area contributed by atoms with Crippen LogP contribution in [-0.4, -0.2) is 34.2 Å². The van der Waals surface area contributed by atoms with Gasteiger partial charge in [0.1, 0.15) is 5.78 Å². The number of nitrogens with two attached hydrogens (primary N) is 1. The lowest BCUT2D eigenvalue weighted by atomic mass is 9.39. The Morgan fingerprint density at radius 3 is 2.42 bits per heavy atom. The van der Waals surface area contributed by atoms with Crippen molar-refractivity contribution in [2.75, 3.05) is 0 Å². The number of aliphatic hydroxyl groups is 2. The SMILES string of the molecule is CC(C)[C@@]12[C@H](N)[C@@H](O)[C@]3(C)[C@H](C)CC[C@]4(CCC(=O)[C@@]43[C@@H]1O)[C@H]2C. The summed E-state index contributed by atoms with van der Waals surface area (Å²) in [5.41, 5.74) is 4.45. The zero-order valence-corrected chi connectivity index (χ0v) is 15.7. The highest BCUT2D eigenvalue weighted by molar-refractivity contribution is 5.92. The standard InChI is InChI=1S/C20H33NO3/c1-10(2)19-12(4)18-8-6-11(3)17(5,15(23)14(19)21)20(18,16(19)24)13(22)7-9-18/h10-12,14-16,23-24H,6-9,21H2,1-5H3/t11-,12-,14-,15-,16-,17+,18+,19-,20+/m1/s1. The first-order valence-corrected chi connectivity index (χ1v) is 9.72. The number of Topliss-reactive ketones (excluding diaryl/α,β-unsaturated/α-hetero) is 1. The Labute approximate surface area is 145 Å². The van der Waals surface area contributed by atoms with Crippen molar-refractivity contribution < 1.29 is 15.0 Å². The highest BCUT2D eigenvalue weighted by Crippen LogP contribution is 2.84. The first kappa shape index (κ1) is 17.0. The minimum absolute atomic E-state index is 0.122. The molecule has 4 aliphatic rings. The number of carbonyl (C=O) groups excluding carboxylic acids is 1. The van der Waals surface area contributed by atoms with Crippen LogP contribution in [0.2, 0.25) is 0 Å². The predicted octanol–water partition coefficient (Wildman–Crippen LogP) is 2.11. The molecule has 1 spiro atoms. The van der Waals surface area contributed by atoms with E-state index in [9.17, 15) is 15.0 Å². The maximum atomic E-state index is 13.4. The Hall–Kier alpha value is -0.450. The molecule has 4 fully saturated rings. The van der Waals surface area contributed by atoms with Gasteiger partial charge in [0.25, 0.3) is 0 Å². The van der Waals surface area contributed by atoms with Gasteiger partial charge in [-0.3, -0.25) is 4.79 Å². The Bertz CT molecular complexity index is 606. The summed E-state index contributed by atoms with van der Waals surface area (Å²) in [6, 6.07) is -0.492. The second-order valence-corrected chi connectivity index (χ2v) is 9.86. The predicted molar refractivity (Wildman–Crippen MR) is 92.0 cm³/mol. The second kappa shape index (κ2) is 4.44. The van der Waals surface area contributed by atoms with Crippen LogP contribution in [0, 0.1) is 39.4 Å². The van der Waals surface area contributed by atoms with Crippen molar-refractivity contribution in [3.63, 3.8) is 0 Å². The molecule has 4 saturated carbocycles. The van der Waals surface area contributed by atoms with Crippen LogP contribution in [0.4, 0.5) is 0 Å². The first-order chi connectivity index (χ1) is 11.1. The van der Waals surface area contributed by atoms with Crippen molar-refractivity contribution in [2.24, 2.45) is 45.1 Å². The van der Waals surface area contributed by atoms with Gasteiger partial charge >= 0.3 is 0 Å². The molecule has 4 heteroatoms. The topological polar surface area (TPSA) is 83.5 Å². The summed E-state index contributed by atoms with van der Waals surface area (Å²) in [4.78, 5) is 13.4. The monoisotopic (exact) mass is 335 g/mol. The lowest BCUT2D eigenvalue weighted by Gasteiger charge is -2.65. The largest absolute Gasteiger partial charge is 0.391 e. The van der Waals surface area contributed by atoms with E-state index in [0.717, 1.165) is 19.3 Å². The van der Waals surface area contributed by atoms with Gasteiger partial charge < -0.3 is 15.9 Å². The molecule has 0 aromatic rings. The van der Waals surface area contributed by atoms with Gasteiger partial charge in [0.2, 0.25) is 0 Å². The molecule has 9 atom stereocenters. The molecule has 0 amide bonds.